The van der Waals surface area contributed by atoms with Gasteiger partial charge < -0.3 is 9.73 Å². The molecule has 6 heteroatoms. The van der Waals surface area contributed by atoms with Crippen molar-refractivity contribution < 1.29 is 9.21 Å². The van der Waals surface area contributed by atoms with Gasteiger partial charge in [-0.3, -0.25) is 9.48 Å². The molecule has 0 aliphatic heterocycles. The minimum absolute atomic E-state index is 0.00747. The molecule has 0 saturated carbocycles. The van der Waals surface area contributed by atoms with E-state index in [2.05, 4.69) is 15.4 Å². The minimum atomic E-state index is -0.147. The smallest absolute Gasteiger partial charge is 0.220 e. The van der Waals surface area contributed by atoms with Crippen molar-refractivity contribution in [1.29, 1.82) is 0 Å². The highest BCUT2D eigenvalue weighted by Gasteiger charge is 2.13. The lowest BCUT2D eigenvalue weighted by Gasteiger charge is -2.11. The summed E-state index contributed by atoms with van der Waals surface area (Å²) in [7, 11) is 0. The summed E-state index contributed by atoms with van der Waals surface area (Å²) >= 11 is 0. The Hall–Kier alpha value is -2.63. The quantitative estimate of drug-likeness (QED) is 0.759. The summed E-state index contributed by atoms with van der Waals surface area (Å²) in [5.74, 6) is 0.777. The van der Waals surface area contributed by atoms with E-state index in [1.54, 1.807) is 11.0 Å². The number of amides is 1. The number of rotatable bonds is 6. The maximum atomic E-state index is 12.0. The van der Waals surface area contributed by atoms with E-state index in [1.165, 1.54) is 6.33 Å². The number of fused-ring (bicyclic) bond motifs is 1. The molecule has 0 aliphatic rings. The molecule has 1 N–H and O–H groups in total. The Labute approximate surface area is 128 Å². The van der Waals surface area contributed by atoms with E-state index >= 15 is 0 Å². The summed E-state index contributed by atoms with van der Waals surface area (Å²) < 4.78 is 7.48. The third-order valence-electron chi connectivity index (χ3n) is 3.51. The van der Waals surface area contributed by atoms with E-state index in [4.69, 9.17) is 4.42 Å². The normalized spacial score (nSPS) is 12.4. The van der Waals surface area contributed by atoms with Crippen LogP contribution in [-0.2, 0) is 11.3 Å². The first-order valence-corrected chi connectivity index (χ1v) is 7.32. The summed E-state index contributed by atoms with van der Waals surface area (Å²) in [6.07, 6.45) is 4.31. The molecule has 3 rings (SSSR count). The van der Waals surface area contributed by atoms with Gasteiger partial charge in [-0.25, -0.2) is 4.98 Å². The fraction of sp³-hybridized carbons (Fsp3) is 0.312. The number of hydrogen-bond donors (Lipinski definition) is 1. The molecule has 1 unspecified atom stereocenters. The van der Waals surface area contributed by atoms with Gasteiger partial charge in [0.25, 0.3) is 0 Å². The van der Waals surface area contributed by atoms with Gasteiger partial charge in [0.15, 0.2) is 0 Å². The SMILES string of the molecule is CC(NC(=O)CCCn1cncn1)c1cc2ccccc2o1. The van der Waals surface area contributed by atoms with Crippen molar-refractivity contribution in [2.75, 3.05) is 0 Å². The predicted octanol–water partition coefficient (Wildman–Crippen LogP) is 2.68. The number of para-hydroxylation sites is 1. The molecule has 6 nitrogen and oxygen atoms in total. The van der Waals surface area contributed by atoms with E-state index < -0.39 is 0 Å². The summed E-state index contributed by atoms with van der Waals surface area (Å²) in [6, 6.07) is 9.64. The number of nitrogens with one attached hydrogen (secondary N) is 1. The van der Waals surface area contributed by atoms with Crippen LogP contribution in [0.1, 0.15) is 31.6 Å². The molecule has 0 radical (unpaired) electrons. The number of aryl methyl sites for hydroxylation is 1. The Kier molecular flexibility index (Phi) is 4.18. The van der Waals surface area contributed by atoms with Crippen LogP contribution in [-0.4, -0.2) is 20.7 Å². The molecule has 2 aromatic heterocycles. The van der Waals surface area contributed by atoms with E-state index in [9.17, 15) is 4.79 Å². The second-order valence-corrected chi connectivity index (χ2v) is 5.24. The molecule has 3 aromatic rings. The highest BCUT2D eigenvalue weighted by atomic mass is 16.3. The molecule has 2 heterocycles. The molecule has 0 saturated heterocycles. The average Bonchev–Trinajstić information content (AvgIpc) is 3.16. The second kappa shape index (κ2) is 6.43. The molecule has 22 heavy (non-hydrogen) atoms. The fourth-order valence-corrected chi connectivity index (χ4v) is 2.35. The lowest BCUT2D eigenvalue weighted by molar-refractivity contribution is -0.122. The highest BCUT2D eigenvalue weighted by Crippen LogP contribution is 2.23. The Bertz CT molecular complexity index is 715. The molecule has 0 fully saturated rings. The van der Waals surface area contributed by atoms with Crippen LogP contribution in [0.25, 0.3) is 11.0 Å². The zero-order chi connectivity index (χ0) is 15.4. The zero-order valence-corrected chi connectivity index (χ0v) is 12.4. The third kappa shape index (κ3) is 3.33. The van der Waals surface area contributed by atoms with Crippen LogP contribution in [0.4, 0.5) is 0 Å². The Morgan fingerprint density at radius 3 is 3.05 bits per heavy atom. The van der Waals surface area contributed by atoms with Crippen LogP contribution >= 0.6 is 0 Å². The molecule has 114 valence electrons. The van der Waals surface area contributed by atoms with Crippen molar-refractivity contribution in [3.63, 3.8) is 0 Å². The Morgan fingerprint density at radius 1 is 1.41 bits per heavy atom. The van der Waals surface area contributed by atoms with Crippen LogP contribution in [0.2, 0.25) is 0 Å². The maximum absolute atomic E-state index is 12.0. The van der Waals surface area contributed by atoms with Crippen molar-refractivity contribution in [2.45, 2.75) is 32.4 Å². The molecule has 0 bridgehead atoms. The summed E-state index contributed by atoms with van der Waals surface area (Å²) in [5.41, 5.74) is 0.838. The number of furan rings is 1. The number of carbonyl (C=O) groups is 1. The molecular formula is C16H18N4O2. The van der Waals surface area contributed by atoms with Crippen molar-refractivity contribution >= 4 is 16.9 Å². The van der Waals surface area contributed by atoms with Gasteiger partial charge in [-0.15, -0.1) is 0 Å². The first-order chi connectivity index (χ1) is 10.7. The van der Waals surface area contributed by atoms with Crippen molar-refractivity contribution in [2.24, 2.45) is 0 Å². The van der Waals surface area contributed by atoms with Gasteiger partial charge in [0.05, 0.1) is 6.04 Å². The predicted molar refractivity (Wildman–Crippen MR) is 82.0 cm³/mol. The van der Waals surface area contributed by atoms with Gasteiger partial charge in [0.1, 0.15) is 24.0 Å². The number of carbonyl (C=O) groups excluding carboxylic acids is 1. The van der Waals surface area contributed by atoms with Crippen LogP contribution in [0, 0.1) is 0 Å². The zero-order valence-electron chi connectivity index (χ0n) is 12.4. The van der Waals surface area contributed by atoms with E-state index in [-0.39, 0.29) is 11.9 Å². The monoisotopic (exact) mass is 298 g/mol. The van der Waals surface area contributed by atoms with Gasteiger partial charge >= 0.3 is 0 Å². The third-order valence-corrected chi connectivity index (χ3v) is 3.51. The minimum Gasteiger partial charge on any atom is -0.459 e. The lowest BCUT2D eigenvalue weighted by atomic mass is 10.2. The first-order valence-electron chi connectivity index (χ1n) is 7.32. The van der Waals surface area contributed by atoms with Crippen LogP contribution in [0.15, 0.2) is 47.4 Å². The van der Waals surface area contributed by atoms with Gasteiger partial charge in [-0.1, -0.05) is 18.2 Å². The molecule has 0 spiro atoms. The van der Waals surface area contributed by atoms with Gasteiger partial charge in [0.2, 0.25) is 5.91 Å². The standard InChI is InChI=1S/C16H18N4O2/c1-12(15-9-13-5-2-3-6-14(13)22-15)19-16(21)7-4-8-20-11-17-10-18-20/h2-3,5-6,9-12H,4,7-8H2,1H3,(H,19,21). The van der Waals surface area contributed by atoms with Crippen molar-refractivity contribution in [3.05, 3.63) is 48.7 Å². The number of aromatic nitrogens is 3. The first kappa shape index (κ1) is 14.3. The van der Waals surface area contributed by atoms with Crippen molar-refractivity contribution in [3.8, 4) is 0 Å². The average molecular weight is 298 g/mol. The van der Waals surface area contributed by atoms with E-state index in [0.717, 1.165) is 23.2 Å². The Balaban J connectivity index is 1.52. The largest absolute Gasteiger partial charge is 0.459 e. The molecule has 1 aromatic carbocycles. The van der Waals surface area contributed by atoms with Crippen LogP contribution in [0.3, 0.4) is 0 Å². The molecule has 1 atom stereocenters. The molecule has 1 amide bonds. The summed E-state index contributed by atoms with van der Waals surface area (Å²) in [6.45, 7) is 2.61. The molecule has 0 aliphatic carbocycles. The summed E-state index contributed by atoms with van der Waals surface area (Å²) in [5, 5.41) is 8.01. The number of hydrogen-bond acceptors (Lipinski definition) is 4. The van der Waals surface area contributed by atoms with Gasteiger partial charge in [-0.2, -0.15) is 5.10 Å². The van der Waals surface area contributed by atoms with Gasteiger partial charge in [-0.05, 0) is 25.5 Å². The lowest BCUT2D eigenvalue weighted by Crippen LogP contribution is -2.26. The number of benzene rings is 1. The van der Waals surface area contributed by atoms with Gasteiger partial charge in [0, 0.05) is 18.4 Å². The maximum Gasteiger partial charge on any atom is 0.220 e. The van der Waals surface area contributed by atoms with E-state index in [0.29, 0.717) is 13.0 Å². The highest BCUT2D eigenvalue weighted by molar-refractivity contribution is 5.79. The van der Waals surface area contributed by atoms with E-state index in [1.807, 2.05) is 37.3 Å². The van der Waals surface area contributed by atoms with Crippen LogP contribution in [0.5, 0.6) is 0 Å². The van der Waals surface area contributed by atoms with Crippen molar-refractivity contribution in [1.82, 2.24) is 20.1 Å². The fourth-order valence-electron chi connectivity index (χ4n) is 2.35. The topological polar surface area (TPSA) is 73.0 Å². The number of nitrogens with zero attached hydrogens (tertiary/aromatic N) is 3. The Morgan fingerprint density at radius 2 is 2.27 bits per heavy atom. The summed E-state index contributed by atoms with van der Waals surface area (Å²) in [4.78, 5) is 15.8. The molecular weight excluding hydrogens is 280 g/mol. The van der Waals surface area contributed by atoms with Crippen LogP contribution < -0.4 is 5.32 Å². The second-order valence-electron chi connectivity index (χ2n) is 5.24.